The van der Waals surface area contributed by atoms with E-state index in [1.165, 1.54) is 23.9 Å². The van der Waals surface area contributed by atoms with E-state index >= 15 is 0 Å². The fourth-order valence-electron chi connectivity index (χ4n) is 2.27. The molecule has 3 rings (SSSR count). The Morgan fingerprint density at radius 2 is 2.08 bits per heavy atom. The van der Waals surface area contributed by atoms with E-state index in [1.54, 1.807) is 35.5 Å². The van der Waals surface area contributed by atoms with Crippen LogP contribution in [0.5, 0.6) is 0 Å². The van der Waals surface area contributed by atoms with Crippen LogP contribution in [0.4, 0.5) is 5.69 Å². The van der Waals surface area contributed by atoms with Crippen LogP contribution in [-0.2, 0) is 4.79 Å². The van der Waals surface area contributed by atoms with E-state index in [-0.39, 0.29) is 11.5 Å². The lowest BCUT2D eigenvalue weighted by molar-refractivity contribution is -0.122. The van der Waals surface area contributed by atoms with Crippen molar-refractivity contribution in [2.24, 2.45) is 4.99 Å². The van der Waals surface area contributed by atoms with Crippen LogP contribution in [0.15, 0.2) is 58.7 Å². The number of rotatable bonds is 4. The molecule has 126 valence electrons. The van der Waals surface area contributed by atoms with Gasteiger partial charge in [0.05, 0.1) is 16.2 Å². The largest absolute Gasteiger partial charge is 0.478 e. The van der Waals surface area contributed by atoms with Crippen LogP contribution in [0, 0.1) is 0 Å². The molecule has 1 aliphatic rings. The highest BCUT2D eigenvalue weighted by molar-refractivity contribution is 8.18. The highest BCUT2D eigenvalue weighted by Crippen LogP contribution is 2.33. The molecule has 0 spiro atoms. The van der Waals surface area contributed by atoms with Crippen LogP contribution >= 0.6 is 11.8 Å². The molecule has 2 aromatic rings. The maximum Gasteiger partial charge on any atom is 0.335 e. The van der Waals surface area contributed by atoms with E-state index in [1.807, 2.05) is 19.1 Å². The Labute approximate surface area is 148 Å². The Morgan fingerprint density at radius 3 is 2.68 bits per heavy atom. The highest BCUT2D eigenvalue weighted by atomic mass is 32.2. The summed E-state index contributed by atoms with van der Waals surface area (Å²) in [6.45, 7) is 2.39. The molecule has 1 saturated heterocycles. The molecule has 6 nitrogen and oxygen atoms in total. The van der Waals surface area contributed by atoms with Gasteiger partial charge in [-0.2, -0.15) is 0 Å². The Kier molecular flexibility index (Phi) is 4.95. The Hall–Kier alpha value is -2.93. The molecule has 0 saturated carbocycles. The summed E-state index contributed by atoms with van der Waals surface area (Å²) in [7, 11) is 0. The van der Waals surface area contributed by atoms with Crippen LogP contribution in [0.1, 0.15) is 22.8 Å². The molecule has 2 heterocycles. The average molecular weight is 353 g/mol. The van der Waals surface area contributed by atoms with Crippen molar-refractivity contribution >= 4 is 40.6 Å². The summed E-state index contributed by atoms with van der Waals surface area (Å²) >= 11 is 1.30. The number of thioether (sulfide) groups is 1. The number of hydrogen-bond acceptors (Lipinski definition) is 5. The third kappa shape index (κ3) is 3.77. The molecule has 0 bridgehead atoms. The smallest absolute Gasteiger partial charge is 0.335 e. The summed E-state index contributed by atoms with van der Waals surface area (Å²) in [5, 5.41) is 9.52. The number of carbonyl (C=O) groups is 2. The van der Waals surface area contributed by atoms with E-state index in [9.17, 15) is 9.59 Å². The van der Waals surface area contributed by atoms with Gasteiger partial charge in [-0.3, -0.25) is 14.7 Å². The first-order valence-electron chi connectivity index (χ1n) is 7.62. The van der Waals surface area contributed by atoms with E-state index in [0.29, 0.717) is 22.3 Å². The minimum absolute atomic E-state index is 0.0998. The van der Waals surface area contributed by atoms with Crippen molar-refractivity contribution in [1.29, 1.82) is 0 Å². The SMILES string of the molecule is CCN1C(=O)/C(=C\c2cccnc2)SC1=Nc1ccc(C(=O)O)cc1. The molecule has 0 radical (unpaired) electrons. The molecule has 0 atom stereocenters. The number of aromatic carboxylic acids is 1. The topological polar surface area (TPSA) is 82.9 Å². The average Bonchev–Trinajstić information content (AvgIpc) is 2.91. The van der Waals surface area contributed by atoms with E-state index in [4.69, 9.17) is 5.11 Å². The molecule has 0 aliphatic carbocycles. The van der Waals surface area contributed by atoms with Gasteiger partial charge < -0.3 is 5.11 Å². The molecule has 7 heteroatoms. The summed E-state index contributed by atoms with van der Waals surface area (Å²) < 4.78 is 0. The second-order valence-corrected chi connectivity index (χ2v) is 6.20. The Balaban J connectivity index is 1.89. The molecular weight excluding hydrogens is 338 g/mol. The third-order valence-corrected chi connectivity index (χ3v) is 4.53. The number of pyridine rings is 1. The lowest BCUT2D eigenvalue weighted by Gasteiger charge is -2.12. The first-order chi connectivity index (χ1) is 12.1. The van der Waals surface area contributed by atoms with Crippen LogP contribution in [0.3, 0.4) is 0 Å². The fourth-order valence-corrected chi connectivity index (χ4v) is 3.33. The second-order valence-electron chi connectivity index (χ2n) is 5.19. The van der Waals surface area contributed by atoms with Crippen molar-refractivity contribution in [3.8, 4) is 0 Å². The number of carboxylic acids is 1. The van der Waals surface area contributed by atoms with Crippen molar-refractivity contribution in [3.63, 3.8) is 0 Å². The zero-order chi connectivity index (χ0) is 17.8. The fraction of sp³-hybridized carbons (Fsp3) is 0.111. The standard InChI is InChI=1S/C18H15N3O3S/c1-2-21-16(22)15(10-12-4-3-9-19-11-12)25-18(21)20-14-7-5-13(6-8-14)17(23)24/h3-11H,2H2,1H3,(H,23,24)/b15-10+,20-18?. The zero-order valence-electron chi connectivity index (χ0n) is 13.4. The number of benzene rings is 1. The number of amidine groups is 1. The van der Waals surface area contributed by atoms with Crippen LogP contribution in [0.25, 0.3) is 6.08 Å². The Morgan fingerprint density at radius 1 is 1.32 bits per heavy atom. The van der Waals surface area contributed by atoms with Gasteiger partial charge in [-0.05, 0) is 60.7 Å². The predicted molar refractivity (Wildman–Crippen MR) is 97.7 cm³/mol. The number of hydrogen-bond donors (Lipinski definition) is 1. The first kappa shape index (κ1) is 16.9. The van der Waals surface area contributed by atoms with Gasteiger partial charge in [-0.15, -0.1) is 0 Å². The molecule has 1 aromatic carbocycles. The number of carbonyl (C=O) groups excluding carboxylic acids is 1. The maximum absolute atomic E-state index is 12.5. The van der Waals surface area contributed by atoms with Crippen molar-refractivity contribution in [1.82, 2.24) is 9.88 Å². The van der Waals surface area contributed by atoms with Crippen molar-refractivity contribution < 1.29 is 14.7 Å². The summed E-state index contributed by atoms with van der Waals surface area (Å²) in [4.78, 5) is 34.2. The van der Waals surface area contributed by atoms with Gasteiger partial charge in [-0.25, -0.2) is 9.79 Å². The number of amides is 1. The maximum atomic E-state index is 12.5. The lowest BCUT2D eigenvalue weighted by atomic mass is 10.2. The van der Waals surface area contributed by atoms with Crippen molar-refractivity contribution in [3.05, 3.63) is 64.8 Å². The molecule has 1 fully saturated rings. The molecule has 1 aromatic heterocycles. The third-order valence-electron chi connectivity index (χ3n) is 3.53. The molecule has 1 aliphatic heterocycles. The minimum Gasteiger partial charge on any atom is -0.478 e. The van der Waals surface area contributed by atoms with Gasteiger partial charge in [0.2, 0.25) is 0 Å². The zero-order valence-corrected chi connectivity index (χ0v) is 14.2. The van der Waals surface area contributed by atoms with E-state index in [2.05, 4.69) is 9.98 Å². The summed E-state index contributed by atoms with van der Waals surface area (Å²) in [6.07, 6.45) is 5.16. The van der Waals surface area contributed by atoms with Crippen LogP contribution in [-0.4, -0.2) is 38.6 Å². The summed E-state index contributed by atoms with van der Waals surface area (Å²) in [5.74, 6) is -1.08. The first-order valence-corrected chi connectivity index (χ1v) is 8.43. The number of carboxylic acid groups (broad SMARTS) is 1. The van der Waals surface area contributed by atoms with Crippen LogP contribution in [0.2, 0.25) is 0 Å². The number of aliphatic imine (C=N–C) groups is 1. The number of aromatic nitrogens is 1. The van der Waals surface area contributed by atoms with Gasteiger partial charge in [0.1, 0.15) is 0 Å². The quantitative estimate of drug-likeness (QED) is 0.852. The number of likely N-dealkylation sites (N-methyl/N-ethyl adjacent to an activating group) is 1. The van der Waals surface area contributed by atoms with Gasteiger partial charge in [0, 0.05) is 18.9 Å². The molecule has 1 amide bonds. The minimum atomic E-state index is -0.985. The molecule has 25 heavy (non-hydrogen) atoms. The normalized spacial score (nSPS) is 17.5. The lowest BCUT2D eigenvalue weighted by Crippen LogP contribution is -2.28. The van der Waals surface area contributed by atoms with Crippen LogP contribution < -0.4 is 0 Å². The molecular formula is C18H15N3O3S. The second kappa shape index (κ2) is 7.31. The molecule has 0 unspecified atom stereocenters. The summed E-state index contributed by atoms with van der Waals surface area (Å²) in [5.41, 5.74) is 1.64. The monoisotopic (exact) mass is 353 g/mol. The van der Waals surface area contributed by atoms with Gasteiger partial charge in [0.25, 0.3) is 5.91 Å². The van der Waals surface area contributed by atoms with Gasteiger partial charge >= 0.3 is 5.97 Å². The van der Waals surface area contributed by atoms with Gasteiger partial charge in [-0.1, -0.05) is 6.07 Å². The number of nitrogens with zero attached hydrogens (tertiary/aromatic N) is 3. The van der Waals surface area contributed by atoms with E-state index in [0.717, 1.165) is 5.56 Å². The Bertz CT molecular complexity index is 861. The van der Waals surface area contributed by atoms with Crippen molar-refractivity contribution in [2.45, 2.75) is 6.92 Å². The predicted octanol–water partition coefficient (Wildman–Crippen LogP) is 3.40. The van der Waals surface area contributed by atoms with Gasteiger partial charge in [0.15, 0.2) is 5.17 Å². The van der Waals surface area contributed by atoms with E-state index < -0.39 is 5.97 Å². The summed E-state index contributed by atoms with van der Waals surface area (Å²) in [6, 6.07) is 9.92. The molecule has 1 N–H and O–H groups in total. The highest BCUT2D eigenvalue weighted by Gasteiger charge is 2.32. The van der Waals surface area contributed by atoms with Crippen molar-refractivity contribution in [2.75, 3.05) is 6.54 Å².